The van der Waals surface area contributed by atoms with Crippen molar-refractivity contribution in [3.63, 3.8) is 0 Å². The molecular weight excluding hydrogens is 188 g/mol. The highest BCUT2D eigenvalue weighted by Crippen LogP contribution is 2.39. The first-order valence-corrected chi connectivity index (χ1v) is 6.06. The summed E-state index contributed by atoms with van der Waals surface area (Å²) in [6, 6.07) is 0.457. The first kappa shape index (κ1) is 10.9. The summed E-state index contributed by atoms with van der Waals surface area (Å²) in [5.41, 5.74) is 0.291. The average Bonchev–Trinajstić information content (AvgIpc) is 2.48. The van der Waals surface area contributed by atoms with Crippen LogP contribution >= 0.6 is 0 Å². The van der Waals surface area contributed by atoms with E-state index in [0.717, 1.165) is 6.67 Å². The Morgan fingerprint density at radius 3 is 2.67 bits per heavy atom. The van der Waals surface area contributed by atoms with Gasteiger partial charge in [0, 0.05) is 6.04 Å². The van der Waals surface area contributed by atoms with E-state index in [-0.39, 0.29) is 11.9 Å². The molecular formula is C12H22N2O. The van der Waals surface area contributed by atoms with Gasteiger partial charge in [0.1, 0.15) is 0 Å². The van der Waals surface area contributed by atoms with Crippen molar-refractivity contribution in [3.05, 3.63) is 0 Å². The summed E-state index contributed by atoms with van der Waals surface area (Å²) in [5.74, 6) is 0.287. The van der Waals surface area contributed by atoms with Crippen LogP contribution in [0.5, 0.6) is 0 Å². The van der Waals surface area contributed by atoms with E-state index in [0.29, 0.717) is 11.5 Å². The first-order chi connectivity index (χ1) is 7.02. The first-order valence-electron chi connectivity index (χ1n) is 6.06. The molecule has 2 unspecified atom stereocenters. The highest BCUT2D eigenvalue weighted by Gasteiger charge is 2.41. The standard InChI is InChI=1S/C12H22N2O/c1-9-11(15)14(8-13-9)10-6-4-5-7-12(10,2)3/h9-10,13H,4-8H2,1-3H3. The fourth-order valence-electron chi connectivity index (χ4n) is 2.97. The molecule has 1 aliphatic heterocycles. The molecule has 0 spiro atoms. The quantitative estimate of drug-likeness (QED) is 0.715. The van der Waals surface area contributed by atoms with Gasteiger partial charge in [-0.1, -0.05) is 26.7 Å². The predicted molar refractivity (Wildman–Crippen MR) is 60.3 cm³/mol. The normalized spacial score (nSPS) is 35.9. The van der Waals surface area contributed by atoms with Gasteiger partial charge in [-0.15, -0.1) is 0 Å². The van der Waals surface area contributed by atoms with Gasteiger partial charge in [-0.2, -0.15) is 0 Å². The molecule has 0 aromatic heterocycles. The number of hydrogen-bond donors (Lipinski definition) is 1. The van der Waals surface area contributed by atoms with Crippen LogP contribution in [-0.4, -0.2) is 29.6 Å². The SMILES string of the molecule is CC1NCN(C2CCCCC2(C)C)C1=O. The topological polar surface area (TPSA) is 32.3 Å². The zero-order valence-corrected chi connectivity index (χ0v) is 10.0. The third kappa shape index (κ3) is 1.89. The zero-order chi connectivity index (χ0) is 11.1. The molecule has 86 valence electrons. The number of amides is 1. The molecule has 1 saturated carbocycles. The average molecular weight is 210 g/mol. The maximum Gasteiger partial charge on any atom is 0.240 e. The number of carbonyl (C=O) groups is 1. The molecule has 0 radical (unpaired) electrons. The van der Waals surface area contributed by atoms with Gasteiger partial charge in [0.2, 0.25) is 5.91 Å². The second-order valence-electron chi connectivity index (χ2n) is 5.64. The Morgan fingerprint density at radius 2 is 2.13 bits per heavy atom. The summed E-state index contributed by atoms with van der Waals surface area (Å²) in [5, 5.41) is 3.23. The van der Waals surface area contributed by atoms with Crippen molar-refractivity contribution in [2.45, 2.75) is 58.5 Å². The van der Waals surface area contributed by atoms with E-state index in [1.807, 2.05) is 6.92 Å². The van der Waals surface area contributed by atoms with Crippen molar-refractivity contribution in [1.82, 2.24) is 10.2 Å². The van der Waals surface area contributed by atoms with Crippen molar-refractivity contribution < 1.29 is 4.79 Å². The Kier molecular flexibility index (Phi) is 2.75. The van der Waals surface area contributed by atoms with Gasteiger partial charge in [-0.25, -0.2) is 0 Å². The Balaban J connectivity index is 2.12. The number of carbonyl (C=O) groups excluding carboxylic acids is 1. The molecule has 0 aromatic rings. The minimum absolute atomic E-state index is 0.0164. The molecule has 2 aliphatic rings. The zero-order valence-electron chi connectivity index (χ0n) is 10.0. The van der Waals surface area contributed by atoms with Crippen LogP contribution in [0.2, 0.25) is 0 Å². The third-order valence-corrected chi connectivity index (χ3v) is 4.05. The van der Waals surface area contributed by atoms with E-state index in [4.69, 9.17) is 0 Å². The van der Waals surface area contributed by atoms with Gasteiger partial charge < -0.3 is 4.90 Å². The van der Waals surface area contributed by atoms with E-state index in [2.05, 4.69) is 24.1 Å². The molecule has 2 atom stereocenters. The van der Waals surface area contributed by atoms with Crippen LogP contribution in [0.1, 0.15) is 46.5 Å². The molecule has 3 nitrogen and oxygen atoms in total. The van der Waals surface area contributed by atoms with Crippen molar-refractivity contribution >= 4 is 5.91 Å². The second kappa shape index (κ2) is 3.78. The lowest BCUT2D eigenvalue weighted by molar-refractivity contribution is -0.133. The summed E-state index contributed by atoms with van der Waals surface area (Å²) in [6.07, 6.45) is 5.00. The van der Waals surface area contributed by atoms with Crippen LogP contribution in [0.3, 0.4) is 0 Å². The number of nitrogens with one attached hydrogen (secondary N) is 1. The molecule has 15 heavy (non-hydrogen) atoms. The molecule has 1 aliphatic carbocycles. The molecule has 1 N–H and O–H groups in total. The Hall–Kier alpha value is -0.570. The van der Waals surface area contributed by atoms with Gasteiger partial charge in [0.05, 0.1) is 12.7 Å². The Bertz CT molecular complexity index is 262. The van der Waals surface area contributed by atoms with E-state index < -0.39 is 0 Å². The minimum Gasteiger partial charge on any atom is -0.325 e. The summed E-state index contributed by atoms with van der Waals surface area (Å²) in [6.45, 7) is 7.30. The lowest BCUT2D eigenvalue weighted by atomic mass is 9.72. The van der Waals surface area contributed by atoms with Crippen molar-refractivity contribution in [2.75, 3.05) is 6.67 Å². The van der Waals surface area contributed by atoms with Crippen LogP contribution in [-0.2, 0) is 4.79 Å². The van der Waals surface area contributed by atoms with Crippen LogP contribution in [0.4, 0.5) is 0 Å². The largest absolute Gasteiger partial charge is 0.325 e. The lowest BCUT2D eigenvalue weighted by Crippen LogP contribution is -2.48. The van der Waals surface area contributed by atoms with Gasteiger partial charge in [0.15, 0.2) is 0 Å². The summed E-state index contributed by atoms with van der Waals surface area (Å²) in [4.78, 5) is 14.0. The maximum atomic E-state index is 12.0. The van der Waals surface area contributed by atoms with E-state index in [9.17, 15) is 4.79 Å². The third-order valence-electron chi connectivity index (χ3n) is 4.05. The Morgan fingerprint density at radius 1 is 1.40 bits per heavy atom. The van der Waals surface area contributed by atoms with Crippen LogP contribution in [0, 0.1) is 5.41 Å². The van der Waals surface area contributed by atoms with E-state index in [1.165, 1.54) is 25.7 Å². The monoisotopic (exact) mass is 210 g/mol. The van der Waals surface area contributed by atoms with Gasteiger partial charge in [-0.3, -0.25) is 10.1 Å². The van der Waals surface area contributed by atoms with Crippen LogP contribution < -0.4 is 5.32 Å². The summed E-state index contributed by atoms with van der Waals surface area (Å²) in [7, 11) is 0. The molecule has 1 amide bonds. The Labute approximate surface area is 92.2 Å². The fraction of sp³-hybridized carbons (Fsp3) is 0.917. The molecule has 1 saturated heterocycles. The van der Waals surface area contributed by atoms with E-state index >= 15 is 0 Å². The molecule has 0 bridgehead atoms. The van der Waals surface area contributed by atoms with E-state index in [1.54, 1.807) is 0 Å². The smallest absolute Gasteiger partial charge is 0.240 e. The van der Waals surface area contributed by atoms with Gasteiger partial charge in [0.25, 0.3) is 0 Å². The number of rotatable bonds is 1. The number of nitrogens with zero attached hydrogens (tertiary/aromatic N) is 1. The lowest BCUT2D eigenvalue weighted by Gasteiger charge is -2.43. The highest BCUT2D eigenvalue weighted by atomic mass is 16.2. The van der Waals surface area contributed by atoms with Crippen LogP contribution in [0.25, 0.3) is 0 Å². The molecule has 2 fully saturated rings. The molecule has 2 rings (SSSR count). The summed E-state index contributed by atoms with van der Waals surface area (Å²) < 4.78 is 0. The van der Waals surface area contributed by atoms with Gasteiger partial charge in [-0.05, 0) is 25.2 Å². The van der Waals surface area contributed by atoms with Crippen molar-refractivity contribution in [1.29, 1.82) is 0 Å². The van der Waals surface area contributed by atoms with Crippen LogP contribution in [0.15, 0.2) is 0 Å². The van der Waals surface area contributed by atoms with Crippen molar-refractivity contribution in [3.8, 4) is 0 Å². The van der Waals surface area contributed by atoms with Gasteiger partial charge >= 0.3 is 0 Å². The second-order valence-corrected chi connectivity index (χ2v) is 5.64. The van der Waals surface area contributed by atoms with Crippen molar-refractivity contribution in [2.24, 2.45) is 5.41 Å². The summed E-state index contributed by atoms with van der Waals surface area (Å²) >= 11 is 0. The number of hydrogen-bond acceptors (Lipinski definition) is 2. The maximum absolute atomic E-state index is 12.0. The highest BCUT2D eigenvalue weighted by molar-refractivity contribution is 5.83. The minimum atomic E-state index is 0.0164. The fourth-order valence-corrected chi connectivity index (χ4v) is 2.97. The molecule has 3 heteroatoms. The predicted octanol–water partition coefficient (Wildman–Crippen LogP) is 1.73. The molecule has 0 aromatic carbocycles. The molecule has 1 heterocycles.